The number of carbonyl (C=O) groups excluding carboxylic acids is 1. The molecule has 0 unspecified atom stereocenters. The van der Waals surface area contributed by atoms with Crippen molar-refractivity contribution in [3.8, 4) is 5.75 Å². The Morgan fingerprint density at radius 3 is 2.33 bits per heavy atom. The first-order valence-corrected chi connectivity index (χ1v) is 12.8. The number of thiazole rings is 1. The zero-order valence-electron chi connectivity index (χ0n) is 20.6. The highest BCUT2D eigenvalue weighted by atomic mass is 32.1. The number of amides is 1. The first-order valence-electron chi connectivity index (χ1n) is 12.0. The minimum absolute atomic E-state index is 0.0647. The van der Waals surface area contributed by atoms with Gasteiger partial charge in [0.25, 0.3) is 5.91 Å². The van der Waals surface area contributed by atoms with Gasteiger partial charge >= 0.3 is 0 Å². The predicted molar refractivity (Wildman–Crippen MR) is 137 cm³/mol. The van der Waals surface area contributed by atoms with Gasteiger partial charge in [-0.1, -0.05) is 58.9 Å². The van der Waals surface area contributed by atoms with Gasteiger partial charge in [-0.2, -0.15) is 0 Å². The molecule has 1 amide bonds. The molecule has 1 saturated heterocycles. The Balaban J connectivity index is 1.27. The van der Waals surface area contributed by atoms with Crippen molar-refractivity contribution >= 4 is 27.5 Å². The third-order valence-corrected chi connectivity index (χ3v) is 7.68. The number of carbonyl (C=O) groups is 1. The van der Waals surface area contributed by atoms with Crippen LogP contribution in [0.25, 0.3) is 10.2 Å². The predicted octanol–water partition coefficient (Wildman–Crippen LogP) is 6.80. The highest BCUT2D eigenvalue weighted by molar-refractivity contribution is 7.18. The lowest BCUT2D eigenvalue weighted by Gasteiger charge is -2.33. The highest BCUT2D eigenvalue weighted by Gasteiger charge is 2.28. The number of hydrogen-bond donors (Lipinski definition) is 0. The van der Waals surface area contributed by atoms with E-state index in [1.165, 1.54) is 15.3 Å². The van der Waals surface area contributed by atoms with Crippen molar-refractivity contribution < 1.29 is 9.53 Å². The monoisotopic (exact) mass is 464 g/mol. The fourth-order valence-corrected chi connectivity index (χ4v) is 6.24. The van der Waals surface area contributed by atoms with E-state index in [1.54, 1.807) is 11.3 Å². The maximum absolute atomic E-state index is 12.7. The minimum atomic E-state index is 0.0647. The topological polar surface area (TPSA) is 42.4 Å². The van der Waals surface area contributed by atoms with E-state index in [4.69, 9.17) is 9.72 Å². The molecule has 4 nitrogen and oxygen atoms in total. The molecule has 1 aromatic heterocycles. The molecule has 0 spiro atoms. The van der Waals surface area contributed by atoms with Gasteiger partial charge in [-0.25, -0.2) is 4.98 Å². The summed E-state index contributed by atoms with van der Waals surface area (Å²) >= 11 is 1.79. The van der Waals surface area contributed by atoms with Crippen LogP contribution in [0.15, 0.2) is 48.5 Å². The van der Waals surface area contributed by atoms with E-state index >= 15 is 0 Å². The standard InChI is InChI=1S/C28H36N2O2S/c1-27(2,3)19-28(4,5)21-10-12-22(13-11-21)32-18-25(31)30-16-14-20(15-17-30)26-29-23-8-6-7-9-24(23)33-26/h6-13,20H,14-19H2,1-5H3. The second kappa shape index (κ2) is 9.46. The van der Waals surface area contributed by atoms with Crippen molar-refractivity contribution in [2.45, 2.75) is 65.2 Å². The number of ether oxygens (including phenoxy) is 1. The number of nitrogens with zero attached hydrogens (tertiary/aromatic N) is 2. The van der Waals surface area contributed by atoms with Crippen molar-refractivity contribution in [3.05, 3.63) is 59.1 Å². The molecule has 0 bridgehead atoms. The summed E-state index contributed by atoms with van der Waals surface area (Å²) in [6.45, 7) is 13.0. The second-order valence-corrected chi connectivity index (χ2v) is 12.2. The second-order valence-electron chi connectivity index (χ2n) is 11.1. The molecule has 33 heavy (non-hydrogen) atoms. The molecule has 176 valence electrons. The van der Waals surface area contributed by atoms with E-state index in [9.17, 15) is 4.79 Å². The van der Waals surface area contributed by atoms with Crippen LogP contribution in [0.5, 0.6) is 5.75 Å². The van der Waals surface area contributed by atoms with Crippen molar-refractivity contribution in [1.29, 1.82) is 0 Å². The third-order valence-electron chi connectivity index (χ3n) is 6.48. The van der Waals surface area contributed by atoms with Crippen LogP contribution in [0, 0.1) is 5.41 Å². The first kappa shape index (κ1) is 23.7. The van der Waals surface area contributed by atoms with Gasteiger partial charge in [0.2, 0.25) is 0 Å². The van der Waals surface area contributed by atoms with E-state index in [0.29, 0.717) is 5.92 Å². The maximum atomic E-state index is 12.7. The zero-order chi connectivity index (χ0) is 23.6. The van der Waals surface area contributed by atoms with Gasteiger partial charge in [-0.3, -0.25) is 4.79 Å². The number of aromatic nitrogens is 1. The van der Waals surface area contributed by atoms with Gasteiger partial charge in [0.1, 0.15) is 5.75 Å². The lowest BCUT2D eigenvalue weighted by Crippen LogP contribution is -2.40. The molecule has 0 radical (unpaired) electrons. The third kappa shape index (κ3) is 5.94. The molecule has 2 aromatic carbocycles. The smallest absolute Gasteiger partial charge is 0.260 e. The Bertz CT molecular complexity index is 1050. The molecule has 4 rings (SSSR count). The number of benzene rings is 2. The van der Waals surface area contributed by atoms with E-state index in [2.05, 4.69) is 65.0 Å². The molecule has 1 aliphatic heterocycles. The average Bonchev–Trinajstić information content (AvgIpc) is 3.21. The quantitative estimate of drug-likeness (QED) is 0.403. The van der Waals surface area contributed by atoms with Crippen LogP contribution < -0.4 is 4.74 Å². The lowest BCUT2D eigenvalue weighted by molar-refractivity contribution is -0.134. The summed E-state index contributed by atoms with van der Waals surface area (Å²) in [4.78, 5) is 19.5. The van der Waals surface area contributed by atoms with Crippen LogP contribution in [-0.2, 0) is 10.2 Å². The molecule has 0 atom stereocenters. The van der Waals surface area contributed by atoms with E-state index < -0.39 is 0 Å². The first-order chi connectivity index (χ1) is 15.6. The largest absolute Gasteiger partial charge is 0.484 e. The average molecular weight is 465 g/mol. The van der Waals surface area contributed by atoms with Crippen LogP contribution in [0.2, 0.25) is 0 Å². The van der Waals surface area contributed by atoms with Gasteiger partial charge in [-0.15, -0.1) is 11.3 Å². The summed E-state index contributed by atoms with van der Waals surface area (Å²) in [5.74, 6) is 1.26. The van der Waals surface area contributed by atoms with Gasteiger partial charge in [0, 0.05) is 19.0 Å². The molecule has 0 aliphatic carbocycles. The summed E-state index contributed by atoms with van der Waals surface area (Å²) in [5, 5.41) is 1.20. The van der Waals surface area contributed by atoms with Gasteiger partial charge in [-0.05, 0) is 59.9 Å². The normalized spacial score (nSPS) is 15.7. The highest BCUT2D eigenvalue weighted by Crippen LogP contribution is 2.37. The number of hydrogen-bond acceptors (Lipinski definition) is 4. The molecule has 2 heterocycles. The molecular formula is C28H36N2O2S. The molecule has 0 saturated carbocycles. The SMILES string of the molecule is CC(C)(C)CC(C)(C)c1ccc(OCC(=O)N2CCC(c3nc4ccccc4s3)CC2)cc1. The summed E-state index contributed by atoms with van der Waals surface area (Å²) in [5.41, 5.74) is 2.75. The zero-order valence-corrected chi connectivity index (χ0v) is 21.4. The Hall–Kier alpha value is -2.40. The molecule has 1 fully saturated rings. The fraction of sp³-hybridized carbons (Fsp3) is 0.500. The van der Waals surface area contributed by atoms with Crippen molar-refractivity contribution in [2.24, 2.45) is 5.41 Å². The lowest BCUT2D eigenvalue weighted by atomic mass is 9.72. The Morgan fingerprint density at radius 1 is 1.03 bits per heavy atom. The minimum Gasteiger partial charge on any atom is -0.484 e. The maximum Gasteiger partial charge on any atom is 0.260 e. The number of rotatable bonds is 6. The molecular weight excluding hydrogens is 428 g/mol. The van der Waals surface area contributed by atoms with Gasteiger partial charge in [0.05, 0.1) is 15.2 Å². The number of piperidine rings is 1. The van der Waals surface area contributed by atoms with Crippen molar-refractivity contribution in [2.75, 3.05) is 19.7 Å². The van der Waals surface area contributed by atoms with Gasteiger partial charge < -0.3 is 9.64 Å². The van der Waals surface area contributed by atoms with Crippen LogP contribution >= 0.6 is 11.3 Å². The van der Waals surface area contributed by atoms with E-state index in [-0.39, 0.29) is 23.3 Å². The van der Waals surface area contributed by atoms with Crippen LogP contribution in [-0.4, -0.2) is 35.5 Å². The molecule has 0 N–H and O–H groups in total. The Kier molecular flexibility index (Phi) is 6.81. The van der Waals surface area contributed by atoms with Crippen LogP contribution in [0.1, 0.15) is 70.4 Å². The summed E-state index contributed by atoms with van der Waals surface area (Å²) in [7, 11) is 0. The van der Waals surface area contributed by atoms with E-state index in [1.807, 2.05) is 23.1 Å². The Labute approximate surface area is 202 Å². The van der Waals surface area contributed by atoms with Crippen molar-refractivity contribution in [3.63, 3.8) is 0 Å². The number of likely N-dealkylation sites (tertiary alicyclic amines) is 1. The van der Waals surface area contributed by atoms with Crippen LogP contribution in [0.3, 0.4) is 0 Å². The Morgan fingerprint density at radius 2 is 1.70 bits per heavy atom. The van der Waals surface area contributed by atoms with Crippen LogP contribution in [0.4, 0.5) is 0 Å². The van der Waals surface area contributed by atoms with E-state index in [0.717, 1.165) is 43.6 Å². The number of para-hydroxylation sites is 1. The molecule has 5 heteroatoms. The molecule has 1 aliphatic rings. The molecule has 3 aromatic rings. The number of fused-ring (bicyclic) bond motifs is 1. The van der Waals surface area contributed by atoms with Crippen molar-refractivity contribution in [1.82, 2.24) is 9.88 Å². The summed E-state index contributed by atoms with van der Waals surface area (Å²) in [6.07, 6.45) is 3.03. The summed E-state index contributed by atoms with van der Waals surface area (Å²) in [6, 6.07) is 16.6. The summed E-state index contributed by atoms with van der Waals surface area (Å²) < 4.78 is 7.08. The van der Waals surface area contributed by atoms with Gasteiger partial charge in [0.15, 0.2) is 6.61 Å². The fourth-order valence-electron chi connectivity index (χ4n) is 5.11.